The summed E-state index contributed by atoms with van der Waals surface area (Å²) in [6.07, 6.45) is -3.66. The Hall–Kier alpha value is -1.04. The molecule has 12 heavy (non-hydrogen) atoms. The summed E-state index contributed by atoms with van der Waals surface area (Å²) in [7, 11) is 0. The molecule has 0 aliphatic heterocycles. The average Bonchev–Trinajstić information content (AvgIpc) is 1.92. The summed E-state index contributed by atoms with van der Waals surface area (Å²) in [6.45, 7) is 0. The zero-order valence-electron chi connectivity index (χ0n) is 5.56. The Kier molecular flexibility index (Phi) is 2.10. The molecule has 0 saturated heterocycles. The summed E-state index contributed by atoms with van der Waals surface area (Å²) >= 11 is 5.19. The average molecular weight is 198 g/mol. The van der Waals surface area contributed by atoms with Gasteiger partial charge in [0.05, 0.1) is 6.20 Å². The van der Waals surface area contributed by atoms with E-state index >= 15 is 0 Å². The third-order valence-electron chi connectivity index (χ3n) is 1.04. The molecule has 0 radical (unpaired) electrons. The van der Waals surface area contributed by atoms with Crippen LogP contribution >= 0.6 is 11.6 Å². The number of nitrogens with zero attached hydrogens (tertiary/aromatic N) is 2. The lowest BCUT2D eigenvalue weighted by atomic mass is 10.4. The van der Waals surface area contributed by atoms with E-state index < -0.39 is 17.7 Å². The molecule has 1 rings (SSSR count). The fourth-order valence-electron chi connectivity index (χ4n) is 0.586. The highest BCUT2D eigenvalue weighted by atomic mass is 35.5. The van der Waals surface area contributed by atoms with Crippen molar-refractivity contribution in [3.05, 3.63) is 17.0 Å². The van der Waals surface area contributed by atoms with Crippen molar-refractivity contribution in [3.8, 4) is 0 Å². The van der Waals surface area contributed by atoms with Gasteiger partial charge in [0.15, 0.2) is 11.5 Å². The van der Waals surface area contributed by atoms with Crippen LogP contribution in [0.15, 0.2) is 6.20 Å². The molecule has 0 amide bonds. The van der Waals surface area contributed by atoms with Gasteiger partial charge in [0.2, 0.25) is 0 Å². The summed E-state index contributed by atoms with van der Waals surface area (Å²) in [5, 5.41) is -0.337. The van der Waals surface area contributed by atoms with Gasteiger partial charge in [-0.15, -0.1) is 0 Å². The predicted molar refractivity (Wildman–Crippen MR) is 36.5 cm³/mol. The van der Waals surface area contributed by atoms with Crippen molar-refractivity contribution < 1.29 is 13.2 Å². The Bertz CT molecular complexity index is 298. The van der Waals surface area contributed by atoms with Gasteiger partial charge < -0.3 is 5.73 Å². The monoisotopic (exact) mass is 197 g/mol. The fourth-order valence-corrected chi connectivity index (χ4v) is 0.719. The summed E-state index contributed by atoms with van der Waals surface area (Å²) in [6, 6.07) is 0. The first-order valence-corrected chi connectivity index (χ1v) is 3.14. The summed E-state index contributed by atoms with van der Waals surface area (Å²) in [5.41, 5.74) is 3.67. The highest BCUT2D eigenvalue weighted by Crippen LogP contribution is 2.31. The third kappa shape index (κ3) is 1.76. The van der Waals surface area contributed by atoms with Crippen molar-refractivity contribution >= 4 is 17.4 Å². The lowest BCUT2D eigenvalue weighted by Gasteiger charge is -2.06. The van der Waals surface area contributed by atoms with Crippen LogP contribution in [0.1, 0.15) is 5.69 Å². The molecule has 0 spiro atoms. The predicted octanol–water partition coefficient (Wildman–Crippen LogP) is 1.73. The Labute approximate surface area is 70.4 Å². The number of nitrogen functional groups attached to an aromatic ring is 1. The quantitative estimate of drug-likeness (QED) is 0.689. The van der Waals surface area contributed by atoms with E-state index in [1.54, 1.807) is 0 Å². The molecule has 0 bridgehead atoms. The second-order valence-electron chi connectivity index (χ2n) is 1.92. The molecule has 0 unspecified atom stereocenters. The highest BCUT2D eigenvalue weighted by molar-refractivity contribution is 6.29. The molecule has 1 aromatic rings. The van der Waals surface area contributed by atoms with Gasteiger partial charge >= 0.3 is 6.18 Å². The normalized spacial score (nSPS) is 11.7. The van der Waals surface area contributed by atoms with Crippen LogP contribution < -0.4 is 5.73 Å². The van der Waals surface area contributed by atoms with Crippen molar-refractivity contribution in [2.75, 3.05) is 5.73 Å². The van der Waals surface area contributed by atoms with Crippen LogP contribution in [-0.4, -0.2) is 9.97 Å². The minimum atomic E-state index is -4.61. The van der Waals surface area contributed by atoms with Gasteiger partial charge in [0.1, 0.15) is 5.15 Å². The van der Waals surface area contributed by atoms with Crippen LogP contribution in [-0.2, 0) is 6.18 Å². The van der Waals surface area contributed by atoms with Gasteiger partial charge in [-0.25, -0.2) is 9.97 Å². The Morgan fingerprint density at radius 2 is 2.00 bits per heavy atom. The molecule has 0 atom stereocenters. The lowest BCUT2D eigenvalue weighted by molar-refractivity contribution is -0.140. The number of hydrogen-bond acceptors (Lipinski definition) is 3. The van der Waals surface area contributed by atoms with E-state index in [0.29, 0.717) is 0 Å². The maximum atomic E-state index is 12.0. The van der Waals surface area contributed by atoms with Gasteiger partial charge in [-0.05, 0) is 0 Å². The Morgan fingerprint density at radius 1 is 1.42 bits per heavy atom. The van der Waals surface area contributed by atoms with E-state index in [2.05, 4.69) is 9.97 Å². The van der Waals surface area contributed by atoms with Crippen molar-refractivity contribution in [3.63, 3.8) is 0 Å². The molecule has 0 aromatic carbocycles. The maximum absolute atomic E-state index is 12.0. The molecule has 7 heteroatoms. The van der Waals surface area contributed by atoms with Crippen molar-refractivity contribution in [2.45, 2.75) is 6.18 Å². The number of halogens is 4. The fraction of sp³-hybridized carbons (Fsp3) is 0.200. The van der Waals surface area contributed by atoms with Gasteiger partial charge in [0.25, 0.3) is 0 Å². The van der Waals surface area contributed by atoms with Crippen molar-refractivity contribution in [1.29, 1.82) is 0 Å². The highest BCUT2D eigenvalue weighted by Gasteiger charge is 2.35. The molecule has 0 saturated carbocycles. The van der Waals surface area contributed by atoms with E-state index in [1.807, 2.05) is 0 Å². The molecule has 1 heterocycles. The zero-order chi connectivity index (χ0) is 9.35. The van der Waals surface area contributed by atoms with Crippen LogP contribution in [0.25, 0.3) is 0 Å². The van der Waals surface area contributed by atoms with Gasteiger partial charge in [-0.2, -0.15) is 13.2 Å². The second kappa shape index (κ2) is 2.78. The summed E-state index contributed by atoms with van der Waals surface area (Å²) in [4.78, 5) is 6.21. The van der Waals surface area contributed by atoms with Crippen LogP contribution in [0.5, 0.6) is 0 Å². The van der Waals surface area contributed by atoms with Gasteiger partial charge in [-0.1, -0.05) is 11.6 Å². The van der Waals surface area contributed by atoms with E-state index in [4.69, 9.17) is 17.3 Å². The van der Waals surface area contributed by atoms with Crippen LogP contribution in [0.3, 0.4) is 0 Å². The molecule has 0 aliphatic rings. The van der Waals surface area contributed by atoms with Crippen LogP contribution in [0.2, 0.25) is 5.15 Å². The SMILES string of the molecule is Nc1ncc(Cl)nc1C(F)(F)F. The lowest BCUT2D eigenvalue weighted by Crippen LogP contribution is -2.12. The minimum absolute atomic E-state index is 0.337. The topological polar surface area (TPSA) is 51.8 Å². The minimum Gasteiger partial charge on any atom is -0.382 e. The van der Waals surface area contributed by atoms with Crippen molar-refractivity contribution in [2.24, 2.45) is 0 Å². The molecule has 3 nitrogen and oxygen atoms in total. The molecular formula is C5H3ClF3N3. The molecule has 0 fully saturated rings. The molecule has 2 N–H and O–H groups in total. The Balaban J connectivity index is 3.23. The molecule has 1 aromatic heterocycles. The largest absolute Gasteiger partial charge is 0.437 e. The second-order valence-corrected chi connectivity index (χ2v) is 2.31. The summed E-state index contributed by atoms with van der Waals surface area (Å²) in [5.74, 6) is -0.674. The van der Waals surface area contributed by atoms with E-state index in [0.717, 1.165) is 6.20 Å². The number of hydrogen-bond donors (Lipinski definition) is 1. The number of aromatic nitrogens is 2. The summed E-state index contributed by atoms with van der Waals surface area (Å²) < 4.78 is 36.0. The van der Waals surface area contributed by atoms with E-state index in [1.165, 1.54) is 0 Å². The zero-order valence-corrected chi connectivity index (χ0v) is 6.32. The maximum Gasteiger partial charge on any atom is 0.437 e. The number of anilines is 1. The number of rotatable bonds is 0. The van der Waals surface area contributed by atoms with Crippen LogP contribution in [0.4, 0.5) is 19.0 Å². The smallest absolute Gasteiger partial charge is 0.382 e. The van der Waals surface area contributed by atoms with Gasteiger partial charge in [-0.3, -0.25) is 0 Å². The number of nitrogens with two attached hydrogens (primary N) is 1. The molecular weight excluding hydrogens is 195 g/mol. The standard InChI is InChI=1S/C5H3ClF3N3/c6-2-1-11-4(10)3(12-2)5(7,8)9/h1H,(H2,10,11). The third-order valence-corrected chi connectivity index (χ3v) is 1.22. The van der Waals surface area contributed by atoms with Gasteiger partial charge in [0, 0.05) is 0 Å². The first-order chi connectivity index (χ1) is 5.41. The first kappa shape index (κ1) is 9.05. The molecule has 0 aliphatic carbocycles. The Morgan fingerprint density at radius 3 is 2.42 bits per heavy atom. The van der Waals surface area contributed by atoms with E-state index in [9.17, 15) is 13.2 Å². The van der Waals surface area contributed by atoms with E-state index in [-0.39, 0.29) is 5.15 Å². The molecule has 66 valence electrons. The van der Waals surface area contributed by atoms with Crippen LogP contribution in [0, 0.1) is 0 Å². The number of alkyl halides is 3. The van der Waals surface area contributed by atoms with Crippen molar-refractivity contribution in [1.82, 2.24) is 9.97 Å². The first-order valence-electron chi connectivity index (χ1n) is 2.76.